The summed E-state index contributed by atoms with van der Waals surface area (Å²) in [5, 5.41) is 4.48. The van der Waals surface area contributed by atoms with Crippen LogP contribution < -0.4 is 5.73 Å². The predicted octanol–water partition coefficient (Wildman–Crippen LogP) is 2.05. The van der Waals surface area contributed by atoms with Gasteiger partial charge in [-0.15, -0.1) is 0 Å². The van der Waals surface area contributed by atoms with Gasteiger partial charge in [0.25, 0.3) is 0 Å². The Morgan fingerprint density at radius 2 is 2.27 bits per heavy atom. The van der Waals surface area contributed by atoms with E-state index in [0.717, 1.165) is 5.82 Å². The van der Waals surface area contributed by atoms with Crippen LogP contribution in [-0.2, 0) is 0 Å². The van der Waals surface area contributed by atoms with Crippen molar-refractivity contribution in [2.75, 3.05) is 5.75 Å². The summed E-state index contributed by atoms with van der Waals surface area (Å²) in [5.74, 6) is 3.28. The first-order valence-corrected chi connectivity index (χ1v) is 6.60. The highest BCUT2D eigenvalue weighted by Crippen LogP contribution is 2.41. The summed E-state index contributed by atoms with van der Waals surface area (Å²) < 4.78 is 5.24. The van der Waals surface area contributed by atoms with E-state index in [9.17, 15) is 0 Å². The van der Waals surface area contributed by atoms with Crippen LogP contribution in [-0.4, -0.2) is 15.9 Å². The molecule has 15 heavy (non-hydrogen) atoms. The van der Waals surface area contributed by atoms with E-state index in [4.69, 9.17) is 10.3 Å². The normalized spacial score (nSPS) is 28.2. The molecule has 1 aromatic rings. The number of rotatable bonds is 3. The Morgan fingerprint density at radius 3 is 2.93 bits per heavy atom. The summed E-state index contributed by atoms with van der Waals surface area (Å²) in [6, 6.07) is -0.0300. The largest absolute Gasteiger partial charge is 0.338 e. The van der Waals surface area contributed by atoms with Crippen molar-refractivity contribution in [2.45, 2.75) is 37.0 Å². The summed E-state index contributed by atoms with van der Waals surface area (Å²) in [5.41, 5.74) is 6.01. The van der Waals surface area contributed by atoms with Crippen LogP contribution in [0, 0.1) is 5.92 Å². The molecule has 2 aliphatic rings. The molecule has 1 saturated heterocycles. The second-order valence-electron chi connectivity index (χ2n) is 4.36. The average molecular weight is 225 g/mol. The summed E-state index contributed by atoms with van der Waals surface area (Å²) in [7, 11) is 0. The fourth-order valence-corrected chi connectivity index (χ4v) is 3.15. The Bertz CT molecular complexity index is 328. The zero-order valence-electron chi connectivity index (χ0n) is 8.56. The lowest BCUT2D eigenvalue weighted by Gasteiger charge is -2.02. The molecule has 0 aromatic carbocycles. The van der Waals surface area contributed by atoms with E-state index >= 15 is 0 Å². The highest BCUT2D eigenvalue weighted by molar-refractivity contribution is 7.99. The lowest BCUT2D eigenvalue weighted by Crippen LogP contribution is -2.12. The molecule has 82 valence electrons. The van der Waals surface area contributed by atoms with Crippen LogP contribution in [0.4, 0.5) is 0 Å². The maximum absolute atomic E-state index is 6.01. The Kier molecular flexibility index (Phi) is 2.44. The van der Waals surface area contributed by atoms with Gasteiger partial charge >= 0.3 is 0 Å². The van der Waals surface area contributed by atoms with Gasteiger partial charge in [0.2, 0.25) is 5.89 Å². The van der Waals surface area contributed by atoms with Crippen LogP contribution in [0.1, 0.15) is 48.7 Å². The van der Waals surface area contributed by atoms with Crippen molar-refractivity contribution in [1.82, 2.24) is 10.1 Å². The Labute approximate surface area is 93.0 Å². The first kappa shape index (κ1) is 9.66. The Morgan fingerprint density at radius 1 is 1.40 bits per heavy atom. The summed E-state index contributed by atoms with van der Waals surface area (Å²) in [6.07, 6.45) is 4.84. The predicted molar refractivity (Wildman–Crippen MR) is 58.4 cm³/mol. The van der Waals surface area contributed by atoms with Crippen molar-refractivity contribution in [3.05, 3.63) is 11.7 Å². The van der Waals surface area contributed by atoms with Gasteiger partial charge in [-0.25, -0.2) is 0 Å². The van der Waals surface area contributed by atoms with Gasteiger partial charge in [0, 0.05) is 0 Å². The molecule has 2 N–H and O–H groups in total. The van der Waals surface area contributed by atoms with E-state index < -0.39 is 0 Å². The Hall–Kier alpha value is -0.550. The number of hydrogen-bond acceptors (Lipinski definition) is 5. The topological polar surface area (TPSA) is 64.9 Å². The maximum atomic E-state index is 6.01. The Balaban J connectivity index is 1.74. The fourth-order valence-electron chi connectivity index (χ4n) is 1.95. The van der Waals surface area contributed by atoms with Gasteiger partial charge in [-0.1, -0.05) is 5.16 Å². The van der Waals surface area contributed by atoms with E-state index in [0.29, 0.717) is 17.1 Å². The van der Waals surface area contributed by atoms with Crippen LogP contribution in [0.2, 0.25) is 0 Å². The molecule has 4 nitrogen and oxygen atoms in total. The molecule has 0 bridgehead atoms. The molecule has 2 fully saturated rings. The van der Waals surface area contributed by atoms with E-state index in [1.165, 1.54) is 31.4 Å². The highest BCUT2D eigenvalue weighted by atomic mass is 32.2. The summed E-state index contributed by atoms with van der Waals surface area (Å²) in [4.78, 5) is 4.43. The molecule has 3 rings (SSSR count). The molecule has 2 heterocycles. The second-order valence-corrected chi connectivity index (χ2v) is 5.67. The molecule has 5 heteroatoms. The molecule has 0 spiro atoms. The van der Waals surface area contributed by atoms with Gasteiger partial charge in [0.1, 0.15) is 0 Å². The van der Waals surface area contributed by atoms with Crippen molar-refractivity contribution in [2.24, 2.45) is 11.7 Å². The van der Waals surface area contributed by atoms with Gasteiger partial charge < -0.3 is 10.3 Å². The molecule has 0 amide bonds. The fraction of sp³-hybridized carbons (Fsp3) is 0.800. The second kappa shape index (κ2) is 3.79. The first-order chi connectivity index (χ1) is 7.34. The lowest BCUT2D eigenvalue weighted by atomic mass is 10.2. The summed E-state index contributed by atoms with van der Waals surface area (Å²) >= 11 is 1.92. The van der Waals surface area contributed by atoms with Crippen LogP contribution in [0.15, 0.2) is 4.52 Å². The smallest absolute Gasteiger partial charge is 0.243 e. The van der Waals surface area contributed by atoms with Crippen molar-refractivity contribution in [1.29, 1.82) is 0 Å². The minimum Gasteiger partial charge on any atom is -0.338 e. The molecule has 2 atom stereocenters. The number of nitrogens with zero attached hydrogens (tertiary/aromatic N) is 2. The van der Waals surface area contributed by atoms with Crippen molar-refractivity contribution in [3.8, 4) is 0 Å². The third kappa shape index (κ3) is 1.90. The van der Waals surface area contributed by atoms with Gasteiger partial charge in [0.05, 0.1) is 11.3 Å². The van der Waals surface area contributed by atoms with Crippen molar-refractivity contribution in [3.63, 3.8) is 0 Å². The van der Waals surface area contributed by atoms with Crippen LogP contribution >= 0.6 is 11.8 Å². The molecule has 2 unspecified atom stereocenters. The van der Waals surface area contributed by atoms with Crippen LogP contribution in [0.5, 0.6) is 0 Å². The van der Waals surface area contributed by atoms with E-state index in [-0.39, 0.29) is 6.04 Å². The molecule has 1 aliphatic heterocycles. The van der Waals surface area contributed by atoms with Crippen molar-refractivity contribution < 1.29 is 4.52 Å². The minimum atomic E-state index is -0.0300. The average Bonchev–Trinajstić information content (AvgIpc) is 2.80. The van der Waals surface area contributed by atoms with Gasteiger partial charge in [0.15, 0.2) is 5.82 Å². The number of hydrogen-bond donors (Lipinski definition) is 1. The minimum absolute atomic E-state index is 0.0300. The third-order valence-corrected chi connectivity index (χ3v) is 4.46. The zero-order chi connectivity index (χ0) is 10.3. The molecule has 1 aliphatic carbocycles. The van der Waals surface area contributed by atoms with E-state index in [1.54, 1.807) is 0 Å². The molecule has 1 saturated carbocycles. The maximum Gasteiger partial charge on any atom is 0.243 e. The van der Waals surface area contributed by atoms with Crippen molar-refractivity contribution >= 4 is 11.8 Å². The number of nitrogens with two attached hydrogens (primary N) is 1. The number of thioether (sulfide) groups is 1. The molecular weight excluding hydrogens is 210 g/mol. The SMILES string of the molecule is NC(c1nc(C2CCCS2)no1)C1CC1. The highest BCUT2D eigenvalue weighted by Gasteiger charge is 2.34. The monoisotopic (exact) mass is 225 g/mol. The first-order valence-electron chi connectivity index (χ1n) is 5.55. The number of aromatic nitrogens is 2. The van der Waals surface area contributed by atoms with Crippen LogP contribution in [0.3, 0.4) is 0 Å². The van der Waals surface area contributed by atoms with E-state index in [1.807, 2.05) is 11.8 Å². The quantitative estimate of drug-likeness (QED) is 0.852. The molecule has 1 aromatic heterocycles. The standard InChI is InChI=1S/C10H15N3OS/c11-8(6-3-4-6)10-12-9(13-14-10)7-2-1-5-15-7/h6-8H,1-5,11H2. The molecule has 0 radical (unpaired) electrons. The third-order valence-electron chi connectivity index (χ3n) is 3.09. The van der Waals surface area contributed by atoms with E-state index in [2.05, 4.69) is 10.1 Å². The molecular formula is C10H15N3OS. The van der Waals surface area contributed by atoms with Crippen LogP contribution in [0.25, 0.3) is 0 Å². The van der Waals surface area contributed by atoms with Gasteiger partial charge in [-0.3, -0.25) is 0 Å². The summed E-state index contributed by atoms with van der Waals surface area (Å²) in [6.45, 7) is 0. The van der Waals surface area contributed by atoms with Gasteiger partial charge in [-0.05, 0) is 37.4 Å². The lowest BCUT2D eigenvalue weighted by molar-refractivity contribution is 0.339. The van der Waals surface area contributed by atoms with Gasteiger partial charge in [-0.2, -0.15) is 16.7 Å². The zero-order valence-corrected chi connectivity index (χ0v) is 9.37.